The van der Waals surface area contributed by atoms with Crippen molar-refractivity contribution in [2.24, 2.45) is 11.8 Å². The predicted molar refractivity (Wildman–Crippen MR) is 95.6 cm³/mol. The number of rotatable bonds is 4. The van der Waals surface area contributed by atoms with Crippen LogP contribution in [0.4, 0.5) is 0 Å². The van der Waals surface area contributed by atoms with E-state index in [9.17, 15) is 9.90 Å². The number of nitrogens with one attached hydrogen (secondary N) is 1. The highest BCUT2D eigenvalue weighted by Crippen LogP contribution is 2.36. The van der Waals surface area contributed by atoms with E-state index in [-0.39, 0.29) is 23.9 Å². The Morgan fingerprint density at radius 1 is 1.21 bits per heavy atom. The van der Waals surface area contributed by atoms with E-state index in [1.807, 2.05) is 18.2 Å². The molecule has 1 aliphatic heterocycles. The minimum absolute atomic E-state index is 0.114. The van der Waals surface area contributed by atoms with Gasteiger partial charge < -0.3 is 10.4 Å². The van der Waals surface area contributed by atoms with Gasteiger partial charge >= 0.3 is 0 Å². The van der Waals surface area contributed by atoms with Crippen LogP contribution in [-0.2, 0) is 11.2 Å². The SMILES string of the molecule is CC(C)[C@H](C)NC(=O)C1CCN([C@@H]2Cc3ccccc3[C@H]2O)CC1. The molecular formula is C20H30N2O2. The van der Waals surface area contributed by atoms with Gasteiger partial charge in [0.05, 0.1) is 6.10 Å². The number of aliphatic hydroxyl groups excluding tert-OH is 1. The van der Waals surface area contributed by atoms with E-state index in [1.165, 1.54) is 5.56 Å². The second-order valence-electron chi connectivity index (χ2n) is 7.77. The van der Waals surface area contributed by atoms with Gasteiger partial charge in [0.15, 0.2) is 0 Å². The van der Waals surface area contributed by atoms with Gasteiger partial charge in [-0.2, -0.15) is 0 Å². The summed E-state index contributed by atoms with van der Waals surface area (Å²) in [6.07, 6.45) is 2.29. The Balaban J connectivity index is 1.54. The van der Waals surface area contributed by atoms with Gasteiger partial charge in [-0.3, -0.25) is 9.69 Å². The van der Waals surface area contributed by atoms with E-state index in [1.54, 1.807) is 0 Å². The monoisotopic (exact) mass is 330 g/mol. The summed E-state index contributed by atoms with van der Waals surface area (Å²) in [4.78, 5) is 14.8. The van der Waals surface area contributed by atoms with Crippen LogP contribution in [-0.4, -0.2) is 41.1 Å². The van der Waals surface area contributed by atoms with Gasteiger partial charge in [-0.05, 0) is 56.3 Å². The summed E-state index contributed by atoms with van der Waals surface area (Å²) in [6.45, 7) is 8.12. The Hall–Kier alpha value is -1.39. The number of benzene rings is 1. The van der Waals surface area contributed by atoms with Gasteiger partial charge in [-0.1, -0.05) is 38.1 Å². The van der Waals surface area contributed by atoms with Crippen LogP contribution in [0.5, 0.6) is 0 Å². The number of nitrogens with zero attached hydrogens (tertiary/aromatic N) is 1. The molecule has 0 radical (unpaired) electrons. The first-order valence-electron chi connectivity index (χ1n) is 9.27. The fourth-order valence-electron chi connectivity index (χ4n) is 3.88. The Morgan fingerprint density at radius 2 is 1.88 bits per heavy atom. The lowest BCUT2D eigenvalue weighted by atomic mass is 9.93. The van der Waals surface area contributed by atoms with Crippen molar-refractivity contribution in [1.82, 2.24) is 10.2 Å². The minimum atomic E-state index is -0.396. The van der Waals surface area contributed by atoms with Gasteiger partial charge in [-0.25, -0.2) is 0 Å². The molecule has 2 aliphatic rings. The number of fused-ring (bicyclic) bond motifs is 1. The number of hydrogen-bond acceptors (Lipinski definition) is 3. The van der Waals surface area contributed by atoms with Crippen molar-refractivity contribution >= 4 is 5.91 Å². The van der Waals surface area contributed by atoms with Gasteiger partial charge in [0, 0.05) is 18.0 Å². The molecule has 1 saturated heterocycles. The van der Waals surface area contributed by atoms with Gasteiger partial charge in [0.1, 0.15) is 0 Å². The molecule has 1 amide bonds. The standard InChI is InChI=1S/C20H30N2O2/c1-13(2)14(3)21-20(24)15-8-10-22(11-9-15)18-12-16-6-4-5-7-17(16)19(18)23/h4-7,13-15,18-19,23H,8-12H2,1-3H3,(H,21,24)/t14-,18+,19+/m0/s1. The van der Waals surface area contributed by atoms with Crippen LogP contribution in [0.25, 0.3) is 0 Å². The molecule has 24 heavy (non-hydrogen) atoms. The third-order valence-electron chi connectivity index (χ3n) is 5.91. The molecule has 1 heterocycles. The van der Waals surface area contributed by atoms with E-state index in [2.05, 4.69) is 37.1 Å². The molecule has 2 N–H and O–H groups in total. The average Bonchev–Trinajstić information content (AvgIpc) is 2.92. The number of likely N-dealkylation sites (tertiary alicyclic amines) is 1. The first-order chi connectivity index (χ1) is 11.5. The van der Waals surface area contributed by atoms with Crippen molar-refractivity contribution in [3.8, 4) is 0 Å². The smallest absolute Gasteiger partial charge is 0.223 e. The molecule has 4 nitrogen and oxygen atoms in total. The molecule has 0 unspecified atom stereocenters. The van der Waals surface area contributed by atoms with E-state index in [4.69, 9.17) is 0 Å². The summed E-state index contributed by atoms with van der Waals surface area (Å²) in [5, 5.41) is 13.8. The second-order valence-corrected chi connectivity index (χ2v) is 7.77. The largest absolute Gasteiger partial charge is 0.387 e. The van der Waals surface area contributed by atoms with E-state index >= 15 is 0 Å². The van der Waals surface area contributed by atoms with E-state index < -0.39 is 6.10 Å². The van der Waals surface area contributed by atoms with Crippen molar-refractivity contribution in [3.05, 3.63) is 35.4 Å². The lowest BCUT2D eigenvalue weighted by Gasteiger charge is -2.37. The Kier molecular flexibility index (Phi) is 5.26. The number of hydrogen-bond donors (Lipinski definition) is 2. The summed E-state index contributed by atoms with van der Waals surface area (Å²) < 4.78 is 0. The molecule has 0 saturated carbocycles. The summed E-state index contributed by atoms with van der Waals surface area (Å²) in [7, 11) is 0. The Labute approximate surface area is 145 Å². The fourth-order valence-corrected chi connectivity index (χ4v) is 3.88. The number of carbonyl (C=O) groups is 1. The molecular weight excluding hydrogens is 300 g/mol. The fraction of sp³-hybridized carbons (Fsp3) is 0.650. The lowest BCUT2D eigenvalue weighted by Crippen LogP contribution is -2.48. The van der Waals surface area contributed by atoms with Crippen molar-refractivity contribution < 1.29 is 9.90 Å². The Morgan fingerprint density at radius 3 is 2.50 bits per heavy atom. The van der Waals surface area contributed by atoms with Crippen molar-refractivity contribution in [1.29, 1.82) is 0 Å². The van der Waals surface area contributed by atoms with Gasteiger partial charge in [0.25, 0.3) is 0 Å². The maximum atomic E-state index is 12.4. The molecule has 0 bridgehead atoms. The third kappa shape index (κ3) is 3.50. The van der Waals surface area contributed by atoms with Crippen LogP contribution in [0.3, 0.4) is 0 Å². The van der Waals surface area contributed by atoms with Crippen LogP contribution < -0.4 is 5.32 Å². The molecule has 1 aliphatic carbocycles. The van der Waals surface area contributed by atoms with Crippen LogP contribution in [0.15, 0.2) is 24.3 Å². The van der Waals surface area contributed by atoms with E-state index in [0.29, 0.717) is 5.92 Å². The molecule has 3 atom stereocenters. The number of piperidine rings is 1. The number of carbonyl (C=O) groups excluding carboxylic acids is 1. The van der Waals surface area contributed by atoms with Crippen molar-refractivity contribution in [3.63, 3.8) is 0 Å². The number of aliphatic hydroxyl groups is 1. The zero-order valence-corrected chi connectivity index (χ0v) is 15.0. The maximum Gasteiger partial charge on any atom is 0.223 e. The molecule has 1 aromatic rings. The van der Waals surface area contributed by atoms with Crippen LogP contribution >= 0.6 is 0 Å². The first-order valence-corrected chi connectivity index (χ1v) is 9.27. The first kappa shape index (κ1) is 17.4. The predicted octanol–water partition coefficient (Wildman–Crippen LogP) is 2.52. The highest BCUT2D eigenvalue weighted by molar-refractivity contribution is 5.79. The van der Waals surface area contributed by atoms with Crippen molar-refractivity contribution in [2.75, 3.05) is 13.1 Å². The maximum absolute atomic E-state index is 12.4. The number of amides is 1. The molecule has 0 spiro atoms. The average molecular weight is 330 g/mol. The minimum Gasteiger partial charge on any atom is -0.387 e. The van der Waals surface area contributed by atoms with Crippen LogP contribution in [0, 0.1) is 11.8 Å². The molecule has 132 valence electrons. The topological polar surface area (TPSA) is 52.6 Å². The summed E-state index contributed by atoms with van der Waals surface area (Å²) in [6, 6.07) is 8.58. The highest BCUT2D eigenvalue weighted by atomic mass is 16.3. The zero-order valence-electron chi connectivity index (χ0n) is 15.0. The molecule has 1 aromatic carbocycles. The summed E-state index contributed by atoms with van der Waals surface area (Å²) >= 11 is 0. The molecule has 3 rings (SSSR count). The molecule has 0 aromatic heterocycles. The van der Waals surface area contributed by atoms with Gasteiger partial charge in [0.2, 0.25) is 5.91 Å². The lowest BCUT2D eigenvalue weighted by molar-refractivity contribution is -0.127. The van der Waals surface area contributed by atoms with Crippen LogP contribution in [0.1, 0.15) is 50.8 Å². The van der Waals surface area contributed by atoms with E-state index in [0.717, 1.165) is 37.9 Å². The summed E-state index contributed by atoms with van der Waals surface area (Å²) in [5.74, 6) is 0.774. The molecule has 4 heteroatoms. The van der Waals surface area contributed by atoms with Crippen molar-refractivity contribution in [2.45, 2.75) is 58.2 Å². The Bertz CT molecular complexity index is 579. The van der Waals surface area contributed by atoms with Gasteiger partial charge in [-0.15, -0.1) is 0 Å². The van der Waals surface area contributed by atoms with Crippen LogP contribution in [0.2, 0.25) is 0 Å². The third-order valence-corrected chi connectivity index (χ3v) is 5.91. The second kappa shape index (κ2) is 7.24. The normalized spacial score (nSPS) is 26.4. The highest BCUT2D eigenvalue weighted by Gasteiger charge is 2.37. The molecule has 1 fully saturated rings. The zero-order chi connectivity index (χ0) is 17.3. The quantitative estimate of drug-likeness (QED) is 0.892. The summed E-state index contributed by atoms with van der Waals surface area (Å²) in [5.41, 5.74) is 2.34.